The lowest BCUT2D eigenvalue weighted by atomic mass is 10.0. The van der Waals surface area contributed by atoms with Crippen LogP contribution in [-0.2, 0) is 11.7 Å². The summed E-state index contributed by atoms with van der Waals surface area (Å²) in [7, 11) is 0. The van der Waals surface area contributed by atoms with Crippen LogP contribution in [0.2, 0.25) is 0 Å². The number of halogens is 4. The maximum Gasteiger partial charge on any atom is 0.416 e. The molecule has 0 amide bonds. The number of hydrogen-bond acceptors (Lipinski definition) is 1. The SMILES string of the molecule is NC1(c2cc(F)cc(C(F)(F)F)c2)CC1. The Hall–Kier alpha value is -1.10. The van der Waals surface area contributed by atoms with E-state index in [0.717, 1.165) is 12.1 Å². The molecule has 0 radical (unpaired) electrons. The van der Waals surface area contributed by atoms with Crippen molar-refractivity contribution < 1.29 is 17.6 Å². The van der Waals surface area contributed by atoms with Gasteiger partial charge in [-0.3, -0.25) is 0 Å². The van der Waals surface area contributed by atoms with E-state index in [1.807, 2.05) is 0 Å². The zero-order valence-electron chi connectivity index (χ0n) is 7.74. The first-order chi connectivity index (χ1) is 6.81. The minimum atomic E-state index is -4.53. The Morgan fingerprint density at radius 1 is 1.13 bits per heavy atom. The molecule has 1 nitrogen and oxygen atoms in total. The number of nitrogens with two attached hydrogens (primary N) is 1. The second kappa shape index (κ2) is 2.95. The van der Waals surface area contributed by atoms with Crippen LogP contribution in [0.25, 0.3) is 0 Å². The molecule has 1 aliphatic rings. The molecule has 0 unspecified atom stereocenters. The molecule has 2 N–H and O–H groups in total. The van der Waals surface area contributed by atoms with Gasteiger partial charge in [-0.05, 0) is 36.6 Å². The largest absolute Gasteiger partial charge is 0.416 e. The minimum Gasteiger partial charge on any atom is -0.321 e. The summed E-state index contributed by atoms with van der Waals surface area (Å²) in [6.07, 6.45) is -3.32. The highest BCUT2D eigenvalue weighted by Gasteiger charge is 2.42. The lowest BCUT2D eigenvalue weighted by molar-refractivity contribution is -0.137. The standard InChI is InChI=1S/C10H9F4N/c11-8-4-6(9(15)1-2-9)3-7(5-8)10(12,13)14/h3-5H,1-2,15H2. The Morgan fingerprint density at radius 3 is 2.20 bits per heavy atom. The van der Waals surface area contributed by atoms with Gasteiger partial charge in [0.25, 0.3) is 0 Å². The lowest BCUT2D eigenvalue weighted by Gasteiger charge is -2.13. The van der Waals surface area contributed by atoms with Crippen molar-refractivity contribution >= 4 is 0 Å². The Morgan fingerprint density at radius 2 is 1.73 bits per heavy atom. The topological polar surface area (TPSA) is 26.0 Å². The summed E-state index contributed by atoms with van der Waals surface area (Å²) < 4.78 is 50.0. The molecule has 0 saturated heterocycles. The molecule has 1 aliphatic carbocycles. The molecule has 0 spiro atoms. The third-order valence-electron chi connectivity index (χ3n) is 2.59. The van der Waals surface area contributed by atoms with Gasteiger partial charge in [-0.1, -0.05) is 0 Å². The first-order valence-electron chi connectivity index (χ1n) is 4.48. The molecular formula is C10H9F4N. The van der Waals surface area contributed by atoms with Gasteiger partial charge in [0, 0.05) is 5.54 Å². The van der Waals surface area contributed by atoms with Crippen molar-refractivity contribution in [2.75, 3.05) is 0 Å². The monoisotopic (exact) mass is 219 g/mol. The Kier molecular flexibility index (Phi) is 2.05. The molecule has 15 heavy (non-hydrogen) atoms. The van der Waals surface area contributed by atoms with Gasteiger partial charge in [0.1, 0.15) is 5.82 Å². The van der Waals surface area contributed by atoms with E-state index in [0.29, 0.717) is 18.9 Å². The highest BCUT2D eigenvalue weighted by molar-refractivity contribution is 5.35. The Bertz CT molecular complexity index is 369. The predicted octanol–water partition coefficient (Wildman–Crippen LogP) is 2.79. The smallest absolute Gasteiger partial charge is 0.321 e. The van der Waals surface area contributed by atoms with E-state index in [-0.39, 0.29) is 5.56 Å². The molecule has 82 valence electrons. The van der Waals surface area contributed by atoms with Crippen molar-refractivity contribution in [2.45, 2.75) is 24.6 Å². The fourth-order valence-electron chi connectivity index (χ4n) is 1.46. The Balaban J connectivity index is 2.46. The van der Waals surface area contributed by atoms with Gasteiger partial charge in [-0.25, -0.2) is 4.39 Å². The zero-order chi connectivity index (χ0) is 11.3. The van der Waals surface area contributed by atoms with E-state index < -0.39 is 23.1 Å². The van der Waals surface area contributed by atoms with Crippen molar-refractivity contribution in [3.8, 4) is 0 Å². The normalized spacial score (nSPS) is 19.0. The summed E-state index contributed by atoms with van der Waals surface area (Å²) in [6.45, 7) is 0. The average molecular weight is 219 g/mol. The van der Waals surface area contributed by atoms with Crippen LogP contribution in [0.15, 0.2) is 18.2 Å². The van der Waals surface area contributed by atoms with E-state index in [9.17, 15) is 17.6 Å². The van der Waals surface area contributed by atoms with Gasteiger partial charge in [0.2, 0.25) is 0 Å². The predicted molar refractivity (Wildman–Crippen MR) is 46.5 cm³/mol. The summed E-state index contributed by atoms with van der Waals surface area (Å²) in [5.74, 6) is -0.892. The first kappa shape index (κ1) is 10.4. The summed E-state index contributed by atoms with van der Waals surface area (Å²) in [5, 5.41) is 0. The fourth-order valence-corrected chi connectivity index (χ4v) is 1.46. The lowest BCUT2D eigenvalue weighted by Crippen LogP contribution is -2.20. The van der Waals surface area contributed by atoms with Gasteiger partial charge >= 0.3 is 6.18 Å². The number of hydrogen-bond donors (Lipinski definition) is 1. The molecule has 0 aliphatic heterocycles. The van der Waals surface area contributed by atoms with Crippen molar-refractivity contribution in [3.05, 3.63) is 35.1 Å². The van der Waals surface area contributed by atoms with Crippen LogP contribution in [0.4, 0.5) is 17.6 Å². The third kappa shape index (κ3) is 1.97. The summed E-state index contributed by atoms with van der Waals surface area (Å²) in [4.78, 5) is 0. The van der Waals surface area contributed by atoms with Crippen LogP contribution >= 0.6 is 0 Å². The van der Waals surface area contributed by atoms with E-state index in [4.69, 9.17) is 5.73 Å². The molecule has 0 heterocycles. The van der Waals surface area contributed by atoms with Crippen LogP contribution < -0.4 is 5.73 Å². The summed E-state index contributed by atoms with van der Waals surface area (Å²) in [5.41, 5.74) is 4.22. The quantitative estimate of drug-likeness (QED) is 0.722. The second-order valence-electron chi connectivity index (χ2n) is 3.88. The molecule has 2 rings (SSSR count). The molecule has 1 aromatic rings. The summed E-state index contributed by atoms with van der Waals surface area (Å²) >= 11 is 0. The van der Waals surface area contributed by atoms with Gasteiger partial charge in [-0.15, -0.1) is 0 Å². The van der Waals surface area contributed by atoms with Crippen LogP contribution in [0.3, 0.4) is 0 Å². The number of benzene rings is 1. The molecule has 0 bridgehead atoms. The van der Waals surface area contributed by atoms with E-state index in [2.05, 4.69) is 0 Å². The van der Waals surface area contributed by atoms with Crippen LogP contribution in [-0.4, -0.2) is 0 Å². The average Bonchev–Trinajstić information content (AvgIpc) is 2.82. The van der Waals surface area contributed by atoms with Crippen molar-refractivity contribution in [1.82, 2.24) is 0 Å². The molecule has 5 heteroatoms. The maximum atomic E-state index is 13.0. The van der Waals surface area contributed by atoms with Gasteiger partial charge < -0.3 is 5.73 Å². The molecule has 1 aromatic carbocycles. The molecular weight excluding hydrogens is 210 g/mol. The van der Waals surface area contributed by atoms with Crippen LogP contribution in [0.5, 0.6) is 0 Å². The molecule has 1 fully saturated rings. The highest BCUT2D eigenvalue weighted by Crippen LogP contribution is 2.44. The van der Waals surface area contributed by atoms with Crippen molar-refractivity contribution in [1.29, 1.82) is 0 Å². The van der Waals surface area contributed by atoms with Gasteiger partial charge in [0.05, 0.1) is 5.56 Å². The van der Waals surface area contributed by atoms with E-state index in [1.165, 1.54) is 0 Å². The maximum absolute atomic E-state index is 13.0. The first-order valence-corrected chi connectivity index (χ1v) is 4.48. The van der Waals surface area contributed by atoms with E-state index in [1.54, 1.807) is 0 Å². The van der Waals surface area contributed by atoms with Crippen LogP contribution in [0, 0.1) is 5.82 Å². The highest BCUT2D eigenvalue weighted by atomic mass is 19.4. The molecule has 1 saturated carbocycles. The zero-order valence-corrected chi connectivity index (χ0v) is 7.74. The fraction of sp³-hybridized carbons (Fsp3) is 0.400. The van der Waals surface area contributed by atoms with Gasteiger partial charge in [0.15, 0.2) is 0 Å². The summed E-state index contributed by atoms with van der Waals surface area (Å²) in [6, 6.07) is 2.48. The molecule has 0 atom stereocenters. The van der Waals surface area contributed by atoms with E-state index >= 15 is 0 Å². The van der Waals surface area contributed by atoms with Crippen LogP contribution in [0.1, 0.15) is 24.0 Å². The Labute approximate surface area is 83.9 Å². The molecule has 0 aromatic heterocycles. The van der Waals surface area contributed by atoms with Crippen molar-refractivity contribution in [3.63, 3.8) is 0 Å². The second-order valence-corrected chi connectivity index (χ2v) is 3.88. The number of rotatable bonds is 1. The minimum absolute atomic E-state index is 0.231. The number of alkyl halides is 3. The van der Waals surface area contributed by atoms with Gasteiger partial charge in [-0.2, -0.15) is 13.2 Å². The van der Waals surface area contributed by atoms with Crippen molar-refractivity contribution in [2.24, 2.45) is 5.73 Å². The third-order valence-corrected chi connectivity index (χ3v) is 2.59.